The molecule has 0 saturated carbocycles. The molecule has 0 radical (unpaired) electrons. The lowest BCUT2D eigenvalue weighted by Gasteiger charge is -2.09. The van der Waals surface area contributed by atoms with E-state index in [4.69, 9.17) is 19.5 Å². The third-order valence-electron chi connectivity index (χ3n) is 9.10. The van der Waals surface area contributed by atoms with Gasteiger partial charge in [0.1, 0.15) is 0 Å². The fourth-order valence-corrected chi connectivity index (χ4v) is 5.68. The number of aryl methyl sites for hydroxylation is 2. The first-order chi connectivity index (χ1) is 20.4. The van der Waals surface area contributed by atoms with Crippen molar-refractivity contribution in [2.45, 2.75) is 87.5 Å². The maximum absolute atomic E-state index is 12.1. The number of rotatable bonds is 10. The van der Waals surface area contributed by atoms with Crippen LogP contribution in [0.25, 0.3) is 12.2 Å². The van der Waals surface area contributed by atoms with Crippen molar-refractivity contribution >= 4 is 35.5 Å². The number of H-pyrrole nitrogens is 2. The van der Waals surface area contributed by atoms with E-state index in [-0.39, 0.29) is 24.8 Å². The molecule has 0 saturated heterocycles. The highest BCUT2D eigenvalue weighted by atomic mass is 16.5. The van der Waals surface area contributed by atoms with E-state index < -0.39 is 0 Å². The minimum absolute atomic E-state index is 0.250. The molecule has 0 amide bonds. The van der Waals surface area contributed by atoms with Crippen LogP contribution in [0.5, 0.6) is 0 Å². The maximum atomic E-state index is 12.1. The molecule has 0 fully saturated rings. The molecule has 0 atom stereocenters. The Balaban J connectivity index is 1.76. The fourth-order valence-electron chi connectivity index (χ4n) is 5.68. The second-order valence-corrected chi connectivity index (χ2v) is 11.5. The Morgan fingerprint density at radius 3 is 1.56 bits per heavy atom. The summed E-state index contributed by atoms with van der Waals surface area (Å²) in [5.41, 5.74) is 16.9. The van der Waals surface area contributed by atoms with Crippen LogP contribution in [0.2, 0.25) is 0 Å². The van der Waals surface area contributed by atoms with E-state index in [0.717, 1.165) is 67.9 Å². The van der Waals surface area contributed by atoms with Crippen molar-refractivity contribution in [1.29, 1.82) is 0 Å². The molecule has 2 aromatic rings. The molecule has 2 aliphatic rings. The average molecular weight is 585 g/mol. The predicted molar refractivity (Wildman–Crippen MR) is 173 cm³/mol. The summed E-state index contributed by atoms with van der Waals surface area (Å²) in [5.74, 6) is -0.500. The van der Waals surface area contributed by atoms with Crippen molar-refractivity contribution < 1.29 is 19.1 Å². The first-order valence-electron chi connectivity index (χ1n) is 14.8. The number of carbonyl (C=O) groups excluding carboxylic acids is 2. The molecule has 2 N–H and O–H groups in total. The Morgan fingerprint density at radius 2 is 1.09 bits per heavy atom. The number of hydrogen-bond acceptors (Lipinski definition) is 6. The molecular weight excluding hydrogens is 540 g/mol. The Bertz CT molecular complexity index is 1670. The third kappa shape index (κ3) is 6.58. The number of aromatic amines is 2. The topological polar surface area (TPSA) is 109 Å². The lowest BCUT2D eigenvalue weighted by atomic mass is 9.94. The van der Waals surface area contributed by atoms with Crippen molar-refractivity contribution in [1.82, 2.24) is 9.97 Å². The van der Waals surface area contributed by atoms with Gasteiger partial charge in [-0.15, -0.1) is 0 Å². The van der Waals surface area contributed by atoms with Gasteiger partial charge in [-0.2, -0.15) is 0 Å². The standard InChI is InChI=1S/C35H44N4O4/c1-18-20(3)28(36-24(18)7)15-30-22(5)26(11-13-34(40)42-9)33(38-30)17-31-23(6)27(12-14-35(41)43-10)32(39-31)16-29-21(4)19(2)25(8)37-29/h15-16,36-37H,11-14,17H2,1-10H3/b30-15+,32-16-. The molecule has 0 unspecified atom stereocenters. The number of nitrogens with one attached hydrogen (secondary N) is 2. The first kappa shape index (κ1) is 31.7. The SMILES string of the molecule is COC(=O)CCC1=C(C)/C(=C\c2[nH]c(C)c(C)c2C)N=C1CC1=N/C(=C\c2[nH]c(C)c(C)c2C)C(CCC(=O)OC)=C1C. The van der Waals surface area contributed by atoms with Gasteiger partial charge in [-0.1, -0.05) is 0 Å². The van der Waals surface area contributed by atoms with Gasteiger partial charge in [-0.05, 0) is 125 Å². The van der Waals surface area contributed by atoms with Gasteiger partial charge >= 0.3 is 11.9 Å². The van der Waals surface area contributed by atoms with Crippen LogP contribution < -0.4 is 0 Å². The summed E-state index contributed by atoms with van der Waals surface area (Å²) in [5, 5.41) is 0. The van der Waals surface area contributed by atoms with Gasteiger partial charge in [-0.3, -0.25) is 19.6 Å². The molecule has 8 nitrogen and oxygen atoms in total. The van der Waals surface area contributed by atoms with Crippen molar-refractivity contribution in [3.8, 4) is 0 Å². The molecule has 228 valence electrons. The Kier molecular flexibility index (Phi) is 9.58. The monoisotopic (exact) mass is 584 g/mol. The summed E-state index contributed by atoms with van der Waals surface area (Å²) < 4.78 is 9.88. The minimum atomic E-state index is -0.250. The number of hydrogen-bond donors (Lipinski definition) is 2. The number of allylic oxidation sites excluding steroid dienone is 4. The first-order valence-corrected chi connectivity index (χ1v) is 14.8. The molecule has 0 spiro atoms. The van der Waals surface area contributed by atoms with Crippen LogP contribution in [-0.2, 0) is 19.1 Å². The number of esters is 2. The normalized spacial score (nSPS) is 17.0. The van der Waals surface area contributed by atoms with Gasteiger partial charge in [0.15, 0.2) is 0 Å². The summed E-state index contributed by atoms with van der Waals surface area (Å²) in [6.45, 7) is 16.7. The zero-order chi connectivity index (χ0) is 31.6. The lowest BCUT2D eigenvalue weighted by molar-refractivity contribution is -0.141. The molecule has 4 heterocycles. The molecule has 0 aliphatic carbocycles. The molecular formula is C35H44N4O4. The number of ether oxygens (including phenoxy) is 2. The van der Waals surface area contributed by atoms with Gasteiger partial charge in [0.2, 0.25) is 0 Å². The van der Waals surface area contributed by atoms with E-state index >= 15 is 0 Å². The molecule has 2 aromatic heterocycles. The highest BCUT2D eigenvalue weighted by molar-refractivity contribution is 6.21. The van der Waals surface area contributed by atoms with Crippen LogP contribution in [-0.4, -0.2) is 47.5 Å². The minimum Gasteiger partial charge on any atom is -0.469 e. The number of methoxy groups -OCH3 is 2. The molecule has 0 bridgehead atoms. The fraction of sp³-hybridized carbons (Fsp3) is 0.429. The number of aliphatic imine (C=N–C) groups is 2. The highest BCUT2D eigenvalue weighted by Crippen LogP contribution is 2.36. The summed E-state index contributed by atoms with van der Waals surface area (Å²) in [6.07, 6.45) is 6.30. The Hall–Kier alpha value is -4.20. The molecule has 0 aromatic carbocycles. The average Bonchev–Trinajstić information content (AvgIpc) is 3.61. The van der Waals surface area contributed by atoms with Crippen molar-refractivity contribution in [2.75, 3.05) is 14.2 Å². The number of nitrogens with zero attached hydrogens (tertiary/aromatic N) is 2. The molecule has 4 rings (SSSR count). The predicted octanol–water partition coefficient (Wildman–Crippen LogP) is 7.41. The van der Waals surface area contributed by atoms with E-state index in [9.17, 15) is 9.59 Å². The van der Waals surface area contributed by atoms with Crippen LogP contribution in [0.15, 0.2) is 43.7 Å². The van der Waals surface area contributed by atoms with Crippen LogP contribution in [0, 0.1) is 41.5 Å². The Morgan fingerprint density at radius 1 is 0.628 bits per heavy atom. The second kappa shape index (κ2) is 13.0. The highest BCUT2D eigenvalue weighted by Gasteiger charge is 2.28. The summed E-state index contributed by atoms with van der Waals surface area (Å²) in [7, 11) is 2.83. The number of carbonyl (C=O) groups is 2. The van der Waals surface area contributed by atoms with E-state index in [1.807, 2.05) is 0 Å². The molecule has 43 heavy (non-hydrogen) atoms. The van der Waals surface area contributed by atoms with Crippen molar-refractivity contribution in [3.63, 3.8) is 0 Å². The Labute approximate surface area is 254 Å². The summed E-state index contributed by atoms with van der Waals surface area (Å²) in [4.78, 5) is 41.4. The van der Waals surface area contributed by atoms with Gasteiger partial charge in [-0.25, -0.2) is 0 Å². The smallest absolute Gasteiger partial charge is 0.305 e. The van der Waals surface area contributed by atoms with Crippen LogP contribution in [0.4, 0.5) is 0 Å². The van der Waals surface area contributed by atoms with Crippen LogP contribution >= 0.6 is 0 Å². The van der Waals surface area contributed by atoms with Crippen molar-refractivity contribution in [2.24, 2.45) is 9.98 Å². The second-order valence-electron chi connectivity index (χ2n) is 11.5. The van der Waals surface area contributed by atoms with Crippen molar-refractivity contribution in [3.05, 3.63) is 78.7 Å². The molecule has 8 heteroatoms. The van der Waals surface area contributed by atoms with Gasteiger partial charge in [0.25, 0.3) is 0 Å². The zero-order valence-electron chi connectivity index (χ0n) is 27.2. The largest absolute Gasteiger partial charge is 0.469 e. The van der Waals surface area contributed by atoms with Gasteiger partial charge in [0.05, 0.1) is 37.0 Å². The van der Waals surface area contributed by atoms with E-state index in [0.29, 0.717) is 19.3 Å². The van der Waals surface area contributed by atoms with E-state index in [1.54, 1.807) is 0 Å². The van der Waals surface area contributed by atoms with E-state index in [2.05, 4.69) is 77.5 Å². The quantitative estimate of drug-likeness (QED) is 0.283. The summed E-state index contributed by atoms with van der Waals surface area (Å²) in [6, 6.07) is 0. The lowest BCUT2D eigenvalue weighted by Crippen LogP contribution is -2.11. The third-order valence-corrected chi connectivity index (χ3v) is 9.10. The number of aromatic nitrogens is 2. The van der Waals surface area contributed by atoms with Gasteiger partial charge in [0, 0.05) is 42.0 Å². The molecule has 2 aliphatic heterocycles. The van der Waals surface area contributed by atoms with Gasteiger partial charge < -0.3 is 19.4 Å². The maximum Gasteiger partial charge on any atom is 0.305 e. The van der Waals surface area contributed by atoms with Crippen LogP contribution in [0.1, 0.15) is 91.0 Å². The van der Waals surface area contributed by atoms with Crippen LogP contribution in [0.3, 0.4) is 0 Å². The zero-order valence-corrected chi connectivity index (χ0v) is 27.2. The summed E-state index contributed by atoms with van der Waals surface area (Å²) >= 11 is 0. The van der Waals surface area contributed by atoms with E-state index in [1.165, 1.54) is 36.5 Å².